The predicted octanol–water partition coefficient (Wildman–Crippen LogP) is 3.42. The van der Waals surface area contributed by atoms with Crippen LogP contribution < -0.4 is 15.8 Å². The largest absolute Gasteiger partial charge is 0.497 e. The van der Waals surface area contributed by atoms with Crippen molar-refractivity contribution >= 4 is 16.0 Å². The van der Waals surface area contributed by atoms with Gasteiger partial charge in [-0.05, 0) is 49.4 Å². The van der Waals surface area contributed by atoms with Crippen LogP contribution in [0.3, 0.4) is 0 Å². The summed E-state index contributed by atoms with van der Waals surface area (Å²) in [7, 11) is -1.92. The first-order valence-electron chi connectivity index (χ1n) is 13.0. The molecular weight excluding hydrogens is 490 g/mol. The summed E-state index contributed by atoms with van der Waals surface area (Å²) in [4.78, 5) is 12.8. The molecule has 0 spiro atoms. The van der Waals surface area contributed by atoms with Crippen molar-refractivity contribution in [2.75, 3.05) is 32.5 Å². The highest BCUT2D eigenvalue weighted by molar-refractivity contribution is 7.89. The van der Waals surface area contributed by atoms with Crippen molar-refractivity contribution in [1.82, 2.24) is 9.62 Å². The van der Waals surface area contributed by atoms with Gasteiger partial charge in [0.25, 0.3) is 0 Å². The number of hydrogen-bond donors (Lipinski definition) is 2. The van der Waals surface area contributed by atoms with Gasteiger partial charge in [-0.25, -0.2) is 12.7 Å². The average Bonchev–Trinajstić information content (AvgIpc) is 2.87. The van der Waals surface area contributed by atoms with Crippen molar-refractivity contribution in [2.45, 2.75) is 65.1 Å². The van der Waals surface area contributed by atoms with Crippen LogP contribution in [0.4, 0.5) is 0 Å². The third kappa shape index (κ3) is 10.8. The number of carbonyl (C=O) groups excluding carboxylic acids is 1. The van der Waals surface area contributed by atoms with E-state index in [1.165, 1.54) is 4.31 Å². The lowest BCUT2D eigenvalue weighted by Gasteiger charge is -2.25. The lowest BCUT2D eigenvalue weighted by Crippen LogP contribution is -2.46. The van der Waals surface area contributed by atoms with Crippen LogP contribution in [0.5, 0.6) is 5.75 Å². The van der Waals surface area contributed by atoms with E-state index in [-0.39, 0.29) is 12.2 Å². The normalized spacial score (nSPS) is 13.4. The smallest absolute Gasteiger partial charge is 0.307 e. The standard InChI is InChI=1S/C28H43N3O5S/c1-5-14-31(15-6-2)37(33,34)16-13-28(32)36-27(26(29)19-23-10-7-9-22(3)17-23)21-30-20-24-11-8-12-25(18-24)35-4/h7-12,17-18,26-27,30H,5-6,13-16,19-21,29H2,1-4H3/t26-,27+/m0/s1. The minimum absolute atomic E-state index is 0.212. The first kappa shape index (κ1) is 30.8. The van der Waals surface area contributed by atoms with E-state index in [2.05, 4.69) is 11.4 Å². The zero-order chi connectivity index (χ0) is 27.3. The highest BCUT2D eigenvalue weighted by Gasteiger charge is 2.26. The molecule has 0 bridgehead atoms. The Morgan fingerprint density at radius 1 is 1.05 bits per heavy atom. The second kappa shape index (κ2) is 15.7. The number of aryl methyl sites for hydroxylation is 1. The van der Waals surface area contributed by atoms with Crippen LogP contribution in [0.15, 0.2) is 48.5 Å². The van der Waals surface area contributed by atoms with E-state index >= 15 is 0 Å². The second-order valence-corrected chi connectivity index (χ2v) is 11.4. The first-order chi connectivity index (χ1) is 17.7. The summed E-state index contributed by atoms with van der Waals surface area (Å²) in [6.07, 6.45) is 1.13. The van der Waals surface area contributed by atoms with Crippen molar-refractivity contribution < 1.29 is 22.7 Å². The van der Waals surface area contributed by atoms with Gasteiger partial charge in [-0.1, -0.05) is 55.8 Å². The summed E-state index contributed by atoms with van der Waals surface area (Å²) in [5.41, 5.74) is 9.72. The van der Waals surface area contributed by atoms with Crippen LogP contribution in [0.1, 0.15) is 49.8 Å². The molecule has 37 heavy (non-hydrogen) atoms. The van der Waals surface area contributed by atoms with E-state index in [4.69, 9.17) is 15.2 Å². The zero-order valence-electron chi connectivity index (χ0n) is 22.6. The van der Waals surface area contributed by atoms with Gasteiger partial charge >= 0.3 is 5.97 Å². The number of rotatable bonds is 17. The Kier molecular flexibility index (Phi) is 13.1. The molecule has 0 amide bonds. The van der Waals surface area contributed by atoms with Gasteiger partial charge in [-0.15, -0.1) is 0 Å². The van der Waals surface area contributed by atoms with Crippen molar-refractivity contribution in [3.8, 4) is 5.75 Å². The molecule has 2 rings (SSSR count). The van der Waals surface area contributed by atoms with Gasteiger partial charge in [0.05, 0.1) is 19.3 Å². The summed E-state index contributed by atoms with van der Waals surface area (Å²) in [6, 6.07) is 15.3. The molecule has 206 valence electrons. The molecule has 2 aromatic rings. The van der Waals surface area contributed by atoms with Crippen molar-refractivity contribution in [1.29, 1.82) is 0 Å². The number of benzene rings is 2. The first-order valence-corrected chi connectivity index (χ1v) is 14.6. The third-order valence-electron chi connectivity index (χ3n) is 6.03. The molecule has 0 unspecified atom stereocenters. The van der Waals surface area contributed by atoms with Gasteiger partial charge < -0.3 is 20.5 Å². The van der Waals surface area contributed by atoms with Gasteiger partial charge in [0.2, 0.25) is 10.0 Å². The lowest BCUT2D eigenvalue weighted by atomic mass is 10.0. The topological polar surface area (TPSA) is 111 Å². The summed E-state index contributed by atoms with van der Waals surface area (Å²) in [6.45, 7) is 7.66. The SMILES string of the molecule is CCCN(CCC)S(=O)(=O)CCC(=O)O[C@H](CNCc1cccc(OC)c1)[C@@H](N)Cc1cccc(C)c1. The molecule has 0 aliphatic heterocycles. The Hall–Kier alpha value is -2.46. The molecule has 9 heteroatoms. The van der Waals surface area contributed by atoms with Crippen LogP contribution >= 0.6 is 0 Å². The quantitative estimate of drug-likeness (QED) is 0.300. The molecule has 0 radical (unpaired) electrons. The molecule has 2 aromatic carbocycles. The Labute approximate surface area is 222 Å². The van der Waals surface area contributed by atoms with Crippen LogP contribution in [-0.2, 0) is 32.5 Å². The molecule has 0 heterocycles. The van der Waals surface area contributed by atoms with E-state index in [0.717, 1.165) is 35.3 Å². The van der Waals surface area contributed by atoms with Gasteiger partial charge in [0, 0.05) is 32.2 Å². The van der Waals surface area contributed by atoms with Gasteiger partial charge in [-0.2, -0.15) is 0 Å². The molecule has 0 saturated carbocycles. The molecule has 3 N–H and O–H groups in total. The van der Waals surface area contributed by atoms with E-state index in [0.29, 0.717) is 32.6 Å². The van der Waals surface area contributed by atoms with Crippen LogP contribution in [0.2, 0.25) is 0 Å². The van der Waals surface area contributed by atoms with Crippen molar-refractivity contribution in [3.63, 3.8) is 0 Å². The summed E-state index contributed by atoms with van der Waals surface area (Å²) in [5, 5.41) is 3.32. The van der Waals surface area contributed by atoms with Gasteiger partial charge in [-0.3, -0.25) is 4.79 Å². The summed E-state index contributed by atoms with van der Waals surface area (Å²) < 4.78 is 38.0. The number of sulfonamides is 1. The highest BCUT2D eigenvalue weighted by Crippen LogP contribution is 2.14. The number of methoxy groups -OCH3 is 1. The van der Waals surface area contributed by atoms with E-state index in [9.17, 15) is 13.2 Å². The zero-order valence-corrected chi connectivity index (χ0v) is 23.4. The Morgan fingerprint density at radius 3 is 2.38 bits per heavy atom. The molecule has 0 aliphatic carbocycles. The Bertz CT molecular complexity index is 1070. The molecule has 0 fully saturated rings. The fourth-order valence-corrected chi connectivity index (χ4v) is 5.73. The molecule has 0 aliphatic rings. The van der Waals surface area contributed by atoms with Crippen LogP contribution in [0.25, 0.3) is 0 Å². The number of carbonyl (C=O) groups is 1. The highest BCUT2D eigenvalue weighted by atomic mass is 32.2. The van der Waals surface area contributed by atoms with E-state index in [1.54, 1.807) is 7.11 Å². The predicted molar refractivity (Wildman–Crippen MR) is 148 cm³/mol. The average molecular weight is 534 g/mol. The van der Waals surface area contributed by atoms with E-state index < -0.39 is 28.1 Å². The molecule has 2 atom stereocenters. The Morgan fingerprint density at radius 2 is 1.73 bits per heavy atom. The van der Waals surface area contributed by atoms with Crippen molar-refractivity contribution in [2.24, 2.45) is 5.73 Å². The third-order valence-corrected chi connectivity index (χ3v) is 7.90. The lowest BCUT2D eigenvalue weighted by molar-refractivity contribution is -0.149. The fraction of sp³-hybridized carbons (Fsp3) is 0.536. The second-order valence-electron chi connectivity index (χ2n) is 9.33. The number of nitrogens with two attached hydrogens (primary N) is 1. The summed E-state index contributed by atoms with van der Waals surface area (Å²) in [5.74, 6) is -0.0765. The molecule has 8 nitrogen and oxygen atoms in total. The molecule has 0 aromatic heterocycles. The minimum Gasteiger partial charge on any atom is -0.497 e. The maximum atomic E-state index is 12.8. The monoisotopic (exact) mass is 533 g/mol. The number of hydrogen-bond acceptors (Lipinski definition) is 7. The maximum absolute atomic E-state index is 12.8. The number of esters is 1. The van der Waals surface area contributed by atoms with Crippen LogP contribution in [-0.4, -0.2) is 63.3 Å². The molecular formula is C28H43N3O5S. The minimum atomic E-state index is -3.54. The summed E-state index contributed by atoms with van der Waals surface area (Å²) >= 11 is 0. The number of ether oxygens (including phenoxy) is 2. The Balaban J connectivity index is 2.04. The molecule has 0 saturated heterocycles. The fourth-order valence-electron chi connectivity index (χ4n) is 4.12. The van der Waals surface area contributed by atoms with Crippen LogP contribution in [0, 0.1) is 6.92 Å². The van der Waals surface area contributed by atoms with E-state index in [1.807, 2.05) is 63.2 Å². The maximum Gasteiger partial charge on any atom is 0.307 e. The van der Waals surface area contributed by atoms with Gasteiger partial charge in [0.15, 0.2) is 0 Å². The number of nitrogens with zero attached hydrogens (tertiary/aromatic N) is 1. The number of nitrogens with one attached hydrogen (secondary N) is 1. The van der Waals surface area contributed by atoms with Crippen molar-refractivity contribution in [3.05, 3.63) is 65.2 Å². The van der Waals surface area contributed by atoms with Gasteiger partial charge in [0.1, 0.15) is 11.9 Å².